The number of hydrogen-bond acceptors (Lipinski definition) is 6. The molecule has 2 aromatic carbocycles. The second-order valence-corrected chi connectivity index (χ2v) is 6.32. The van der Waals surface area contributed by atoms with Crippen LogP contribution in [0.5, 0.6) is 17.2 Å². The van der Waals surface area contributed by atoms with Crippen molar-refractivity contribution in [3.05, 3.63) is 52.9 Å². The molecule has 0 unspecified atom stereocenters. The summed E-state index contributed by atoms with van der Waals surface area (Å²) >= 11 is 0.904. The molecule has 1 saturated heterocycles. The summed E-state index contributed by atoms with van der Waals surface area (Å²) in [6.45, 7) is 0.186. The van der Waals surface area contributed by atoms with Crippen LogP contribution in [-0.4, -0.2) is 25.0 Å². The van der Waals surface area contributed by atoms with Crippen molar-refractivity contribution < 1.29 is 23.8 Å². The molecule has 2 aliphatic rings. The van der Waals surface area contributed by atoms with E-state index < -0.39 is 0 Å². The van der Waals surface area contributed by atoms with E-state index in [0.717, 1.165) is 22.2 Å². The number of imide groups is 1. The summed E-state index contributed by atoms with van der Waals surface area (Å²) in [7, 11) is 1.53. The maximum atomic E-state index is 12.7. The Labute approximate surface area is 148 Å². The van der Waals surface area contributed by atoms with Crippen molar-refractivity contribution in [3.8, 4) is 17.2 Å². The van der Waals surface area contributed by atoms with Gasteiger partial charge in [-0.1, -0.05) is 12.1 Å². The van der Waals surface area contributed by atoms with Crippen LogP contribution in [0.4, 0.5) is 10.5 Å². The first-order valence-electron chi connectivity index (χ1n) is 7.47. The van der Waals surface area contributed by atoms with Gasteiger partial charge in [0.1, 0.15) is 5.75 Å². The SMILES string of the molecule is COc1cccc(N2C(=O)S/C(=C/c3ccc4c(c3)OCO4)C2=O)c1. The van der Waals surface area contributed by atoms with Crippen LogP contribution in [0.3, 0.4) is 0 Å². The van der Waals surface area contributed by atoms with Gasteiger partial charge in [-0.05, 0) is 47.7 Å². The largest absolute Gasteiger partial charge is 0.497 e. The predicted octanol–water partition coefficient (Wildman–Crippen LogP) is 3.66. The van der Waals surface area contributed by atoms with E-state index in [2.05, 4.69) is 0 Å². The normalized spacial score (nSPS) is 17.5. The molecule has 0 bridgehead atoms. The molecular weight excluding hydrogens is 342 g/mol. The molecule has 0 saturated carbocycles. The first-order chi connectivity index (χ1) is 12.2. The molecule has 0 radical (unpaired) electrons. The number of hydrogen-bond donors (Lipinski definition) is 0. The number of thioether (sulfide) groups is 1. The van der Waals surface area contributed by atoms with Crippen molar-refractivity contribution in [2.45, 2.75) is 0 Å². The zero-order valence-corrected chi connectivity index (χ0v) is 14.0. The zero-order chi connectivity index (χ0) is 17.4. The van der Waals surface area contributed by atoms with Crippen LogP contribution in [0, 0.1) is 0 Å². The van der Waals surface area contributed by atoms with E-state index in [9.17, 15) is 9.59 Å². The van der Waals surface area contributed by atoms with Gasteiger partial charge < -0.3 is 14.2 Å². The molecule has 2 amide bonds. The summed E-state index contributed by atoms with van der Waals surface area (Å²) in [4.78, 5) is 26.5. The van der Waals surface area contributed by atoms with Crippen molar-refractivity contribution in [1.29, 1.82) is 0 Å². The third-order valence-corrected chi connectivity index (χ3v) is 4.67. The Kier molecular flexibility index (Phi) is 3.85. The number of anilines is 1. The Morgan fingerprint density at radius 1 is 1.12 bits per heavy atom. The number of nitrogens with zero attached hydrogens (tertiary/aromatic N) is 1. The van der Waals surface area contributed by atoms with E-state index in [1.54, 1.807) is 42.5 Å². The molecule has 1 fully saturated rings. The molecule has 0 aromatic heterocycles. The number of carbonyl (C=O) groups is 2. The number of ether oxygens (including phenoxy) is 3. The highest BCUT2D eigenvalue weighted by atomic mass is 32.2. The lowest BCUT2D eigenvalue weighted by Crippen LogP contribution is -2.27. The van der Waals surface area contributed by atoms with Crippen LogP contribution >= 0.6 is 11.8 Å². The quantitative estimate of drug-likeness (QED) is 0.783. The first-order valence-corrected chi connectivity index (χ1v) is 8.29. The highest BCUT2D eigenvalue weighted by Gasteiger charge is 2.36. The highest BCUT2D eigenvalue weighted by Crippen LogP contribution is 2.38. The Bertz CT molecular complexity index is 908. The third-order valence-electron chi connectivity index (χ3n) is 3.80. The minimum atomic E-state index is -0.360. The molecule has 2 aliphatic heterocycles. The van der Waals surface area contributed by atoms with Gasteiger partial charge in [-0.25, -0.2) is 4.90 Å². The maximum Gasteiger partial charge on any atom is 0.298 e. The molecule has 4 rings (SSSR count). The van der Waals surface area contributed by atoms with Crippen molar-refractivity contribution in [3.63, 3.8) is 0 Å². The van der Waals surface area contributed by atoms with Gasteiger partial charge in [0.25, 0.3) is 11.1 Å². The lowest BCUT2D eigenvalue weighted by atomic mass is 10.2. The molecule has 0 aliphatic carbocycles. The smallest absolute Gasteiger partial charge is 0.298 e. The fourth-order valence-corrected chi connectivity index (χ4v) is 3.44. The Hall–Kier alpha value is -2.93. The van der Waals surface area contributed by atoms with Crippen molar-refractivity contribution in [1.82, 2.24) is 0 Å². The molecule has 0 N–H and O–H groups in total. The average molecular weight is 355 g/mol. The van der Waals surface area contributed by atoms with Crippen LogP contribution < -0.4 is 19.1 Å². The number of carbonyl (C=O) groups excluding carboxylic acids is 2. The fraction of sp³-hybridized carbons (Fsp3) is 0.111. The molecule has 6 nitrogen and oxygen atoms in total. The molecule has 2 heterocycles. The van der Waals surface area contributed by atoms with Gasteiger partial charge in [0.15, 0.2) is 11.5 Å². The fourth-order valence-electron chi connectivity index (χ4n) is 2.59. The number of rotatable bonds is 3. The number of fused-ring (bicyclic) bond motifs is 1. The van der Waals surface area contributed by atoms with E-state index in [4.69, 9.17) is 14.2 Å². The molecule has 0 spiro atoms. The Balaban J connectivity index is 1.64. The second kappa shape index (κ2) is 6.18. The lowest BCUT2D eigenvalue weighted by Gasteiger charge is -2.13. The monoisotopic (exact) mass is 355 g/mol. The summed E-state index contributed by atoms with van der Waals surface area (Å²) in [5.41, 5.74) is 1.25. The van der Waals surface area contributed by atoms with E-state index >= 15 is 0 Å². The number of amides is 2. The number of benzene rings is 2. The van der Waals surface area contributed by atoms with Gasteiger partial charge in [0, 0.05) is 6.07 Å². The topological polar surface area (TPSA) is 65.1 Å². The Morgan fingerprint density at radius 3 is 2.80 bits per heavy atom. The second-order valence-electron chi connectivity index (χ2n) is 5.33. The van der Waals surface area contributed by atoms with Crippen LogP contribution in [0.2, 0.25) is 0 Å². The van der Waals surface area contributed by atoms with Gasteiger partial charge in [-0.3, -0.25) is 9.59 Å². The summed E-state index contributed by atoms with van der Waals surface area (Å²) in [6, 6.07) is 12.2. The molecule has 2 aromatic rings. The van der Waals surface area contributed by atoms with E-state index in [-0.39, 0.29) is 17.9 Å². The van der Waals surface area contributed by atoms with Crippen molar-refractivity contribution in [2.24, 2.45) is 0 Å². The predicted molar refractivity (Wildman–Crippen MR) is 94.0 cm³/mol. The van der Waals surface area contributed by atoms with Crippen LogP contribution in [0.1, 0.15) is 5.56 Å². The minimum absolute atomic E-state index is 0.186. The lowest BCUT2D eigenvalue weighted by molar-refractivity contribution is -0.113. The van der Waals surface area contributed by atoms with E-state index in [0.29, 0.717) is 27.8 Å². The molecule has 126 valence electrons. The van der Waals surface area contributed by atoms with Crippen molar-refractivity contribution >= 4 is 34.7 Å². The molecule has 0 atom stereocenters. The van der Waals surface area contributed by atoms with Crippen LogP contribution in [-0.2, 0) is 4.79 Å². The summed E-state index contributed by atoms with van der Waals surface area (Å²) < 4.78 is 15.8. The highest BCUT2D eigenvalue weighted by molar-refractivity contribution is 8.19. The van der Waals surface area contributed by atoms with E-state index in [1.165, 1.54) is 7.11 Å². The van der Waals surface area contributed by atoms with Crippen LogP contribution in [0.15, 0.2) is 47.4 Å². The standard InChI is InChI=1S/C18H13NO5S/c1-22-13-4-2-3-12(9-13)19-17(20)16(25-18(19)21)8-11-5-6-14-15(7-11)24-10-23-14/h2-9H,10H2,1H3/b16-8+. The molecular formula is C18H13NO5S. The van der Waals surface area contributed by atoms with E-state index in [1.807, 2.05) is 6.07 Å². The minimum Gasteiger partial charge on any atom is -0.497 e. The molecule has 25 heavy (non-hydrogen) atoms. The van der Waals surface area contributed by atoms with Crippen LogP contribution in [0.25, 0.3) is 6.08 Å². The summed E-state index contributed by atoms with van der Waals surface area (Å²) in [6.07, 6.45) is 1.67. The van der Waals surface area contributed by atoms with Gasteiger partial charge in [0.2, 0.25) is 6.79 Å². The van der Waals surface area contributed by atoms with Gasteiger partial charge >= 0.3 is 0 Å². The molecule has 7 heteroatoms. The summed E-state index contributed by atoms with van der Waals surface area (Å²) in [5, 5.41) is -0.342. The first kappa shape index (κ1) is 15.6. The van der Waals surface area contributed by atoms with Gasteiger partial charge in [-0.15, -0.1) is 0 Å². The van der Waals surface area contributed by atoms with Gasteiger partial charge in [-0.2, -0.15) is 0 Å². The Morgan fingerprint density at radius 2 is 1.96 bits per heavy atom. The summed E-state index contributed by atoms with van der Waals surface area (Å²) in [5.74, 6) is 1.51. The van der Waals surface area contributed by atoms with Crippen molar-refractivity contribution in [2.75, 3.05) is 18.8 Å². The maximum absolute atomic E-state index is 12.7. The average Bonchev–Trinajstić information content (AvgIpc) is 3.19. The number of methoxy groups -OCH3 is 1. The zero-order valence-electron chi connectivity index (χ0n) is 13.2. The van der Waals surface area contributed by atoms with Gasteiger partial charge in [0.05, 0.1) is 17.7 Å². The third kappa shape index (κ3) is 2.83.